The van der Waals surface area contributed by atoms with E-state index < -0.39 is 0 Å². The summed E-state index contributed by atoms with van der Waals surface area (Å²) in [6, 6.07) is 9.26. The first-order valence-electron chi connectivity index (χ1n) is 8.21. The number of carbonyl (C=O) groups is 1. The minimum atomic E-state index is -0.0153. The Morgan fingerprint density at radius 1 is 1.20 bits per heavy atom. The van der Waals surface area contributed by atoms with Gasteiger partial charge in [0, 0.05) is 31.4 Å². The Hall–Kier alpha value is -3.02. The van der Waals surface area contributed by atoms with Gasteiger partial charge in [0.2, 0.25) is 12.7 Å². The molecule has 3 heterocycles. The molecular formula is C19H18N2O4. The van der Waals surface area contributed by atoms with E-state index in [2.05, 4.69) is 4.98 Å². The van der Waals surface area contributed by atoms with Crippen molar-refractivity contribution in [2.75, 3.05) is 19.9 Å². The first-order chi connectivity index (χ1) is 12.3. The topological polar surface area (TPSA) is 60.9 Å². The van der Waals surface area contributed by atoms with E-state index in [1.165, 1.54) is 0 Å². The smallest absolute Gasteiger partial charge is 0.246 e. The van der Waals surface area contributed by atoms with Crippen LogP contribution < -0.4 is 14.2 Å². The summed E-state index contributed by atoms with van der Waals surface area (Å²) in [5.41, 5.74) is 0.904. The molecular weight excluding hydrogens is 320 g/mol. The Bertz CT molecular complexity index is 791. The number of likely N-dealkylation sites (tertiary alicyclic amines) is 1. The number of rotatable bonds is 4. The van der Waals surface area contributed by atoms with E-state index in [0.717, 1.165) is 23.5 Å². The van der Waals surface area contributed by atoms with Crippen molar-refractivity contribution in [3.8, 4) is 17.2 Å². The predicted molar refractivity (Wildman–Crippen MR) is 91.4 cm³/mol. The third-order valence-electron chi connectivity index (χ3n) is 4.22. The third kappa shape index (κ3) is 3.57. The Kier molecular flexibility index (Phi) is 4.24. The highest BCUT2D eigenvalue weighted by Crippen LogP contribution is 2.32. The molecule has 6 nitrogen and oxygen atoms in total. The lowest BCUT2D eigenvalue weighted by molar-refractivity contribution is -0.125. The maximum absolute atomic E-state index is 12.4. The van der Waals surface area contributed by atoms with Gasteiger partial charge in [0.1, 0.15) is 11.9 Å². The highest BCUT2D eigenvalue weighted by Gasteiger charge is 2.26. The van der Waals surface area contributed by atoms with Gasteiger partial charge in [-0.2, -0.15) is 0 Å². The molecule has 0 spiro atoms. The number of hydrogen-bond acceptors (Lipinski definition) is 5. The molecule has 0 saturated carbocycles. The Morgan fingerprint density at radius 2 is 2.04 bits per heavy atom. The maximum atomic E-state index is 12.4. The fourth-order valence-electron chi connectivity index (χ4n) is 2.92. The summed E-state index contributed by atoms with van der Waals surface area (Å²) in [5.74, 6) is 2.21. The van der Waals surface area contributed by atoms with Crippen LogP contribution in [0.1, 0.15) is 12.0 Å². The van der Waals surface area contributed by atoms with Crippen molar-refractivity contribution in [3.63, 3.8) is 0 Å². The molecule has 0 bridgehead atoms. The molecule has 128 valence electrons. The van der Waals surface area contributed by atoms with Crippen molar-refractivity contribution in [3.05, 3.63) is 54.4 Å². The van der Waals surface area contributed by atoms with Crippen LogP contribution >= 0.6 is 0 Å². The van der Waals surface area contributed by atoms with Gasteiger partial charge >= 0.3 is 0 Å². The fraction of sp³-hybridized carbons (Fsp3) is 0.263. The Balaban J connectivity index is 1.34. The SMILES string of the molecule is O=C(/C=C/c1ccc2c(c1)OCO2)N1CCC(Oc2ccncc2)C1. The number of benzene rings is 1. The zero-order chi connectivity index (χ0) is 17.1. The molecule has 1 aromatic carbocycles. The van der Waals surface area contributed by atoms with Crippen molar-refractivity contribution >= 4 is 12.0 Å². The van der Waals surface area contributed by atoms with Crippen molar-refractivity contribution < 1.29 is 19.0 Å². The van der Waals surface area contributed by atoms with E-state index in [1.807, 2.05) is 30.3 Å². The molecule has 0 N–H and O–H groups in total. The summed E-state index contributed by atoms with van der Waals surface area (Å²) in [6.45, 7) is 1.53. The van der Waals surface area contributed by atoms with Crippen LogP contribution in [-0.4, -0.2) is 41.8 Å². The fourth-order valence-corrected chi connectivity index (χ4v) is 2.92. The van der Waals surface area contributed by atoms with E-state index in [1.54, 1.807) is 29.4 Å². The average molecular weight is 338 g/mol. The number of nitrogens with zero attached hydrogens (tertiary/aromatic N) is 2. The first kappa shape index (κ1) is 15.5. The van der Waals surface area contributed by atoms with Gasteiger partial charge in [-0.25, -0.2) is 0 Å². The molecule has 1 saturated heterocycles. The molecule has 6 heteroatoms. The monoisotopic (exact) mass is 338 g/mol. The van der Waals surface area contributed by atoms with Gasteiger partial charge in [-0.3, -0.25) is 9.78 Å². The molecule has 1 atom stereocenters. The number of amides is 1. The van der Waals surface area contributed by atoms with Gasteiger partial charge in [-0.05, 0) is 35.9 Å². The molecule has 1 aromatic heterocycles. The van der Waals surface area contributed by atoms with Gasteiger partial charge in [-0.15, -0.1) is 0 Å². The van der Waals surface area contributed by atoms with Gasteiger partial charge in [-0.1, -0.05) is 6.07 Å². The van der Waals surface area contributed by atoms with Crippen LogP contribution in [0.25, 0.3) is 6.08 Å². The Morgan fingerprint density at radius 3 is 2.92 bits per heavy atom. The summed E-state index contributed by atoms with van der Waals surface area (Å²) in [4.78, 5) is 18.1. The minimum Gasteiger partial charge on any atom is -0.488 e. The van der Waals surface area contributed by atoms with Crippen LogP contribution in [0.4, 0.5) is 0 Å². The lowest BCUT2D eigenvalue weighted by atomic mass is 10.2. The molecule has 2 aliphatic heterocycles. The van der Waals surface area contributed by atoms with Crippen LogP contribution in [0.5, 0.6) is 17.2 Å². The summed E-state index contributed by atoms with van der Waals surface area (Å²) in [6.07, 6.45) is 7.62. The number of pyridine rings is 1. The number of aromatic nitrogens is 1. The lowest BCUT2D eigenvalue weighted by Gasteiger charge is -2.15. The van der Waals surface area contributed by atoms with Gasteiger partial charge in [0.25, 0.3) is 0 Å². The van der Waals surface area contributed by atoms with E-state index in [0.29, 0.717) is 18.8 Å². The number of carbonyl (C=O) groups excluding carboxylic acids is 1. The van der Waals surface area contributed by atoms with E-state index in [-0.39, 0.29) is 18.8 Å². The van der Waals surface area contributed by atoms with Crippen LogP contribution in [-0.2, 0) is 4.79 Å². The largest absolute Gasteiger partial charge is 0.488 e. The summed E-state index contributed by atoms with van der Waals surface area (Å²) in [5, 5.41) is 0. The van der Waals surface area contributed by atoms with Crippen molar-refractivity contribution in [1.82, 2.24) is 9.88 Å². The van der Waals surface area contributed by atoms with Gasteiger partial charge < -0.3 is 19.1 Å². The lowest BCUT2D eigenvalue weighted by Crippen LogP contribution is -2.29. The molecule has 1 amide bonds. The normalized spacial score (nSPS) is 18.7. The van der Waals surface area contributed by atoms with Gasteiger partial charge in [0.15, 0.2) is 11.5 Å². The molecule has 1 unspecified atom stereocenters. The number of hydrogen-bond donors (Lipinski definition) is 0. The highest BCUT2D eigenvalue weighted by atomic mass is 16.7. The first-order valence-corrected chi connectivity index (χ1v) is 8.21. The second-order valence-electron chi connectivity index (χ2n) is 5.94. The van der Waals surface area contributed by atoms with Crippen molar-refractivity contribution in [2.24, 2.45) is 0 Å². The predicted octanol–water partition coefficient (Wildman–Crippen LogP) is 2.50. The molecule has 0 radical (unpaired) electrons. The zero-order valence-corrected chi connectivity index (χ0v) is 13.6. The second kappa shape index (κ2) is 6.84. The second-order valence-corrected chi connectivity index (χ2v) is 5.94. The summed E-state index contributed by atoms with van der Waals surface area (Å²) >= 11 is 0. The van der Waals surface area contributed by atoms with Crippen LogP contribution in [0.2, 0.25) is 0 Å². The van der Waals surface area contributed by atoms with Gasteiger partial charge in [0.05, 0.1) is 6.54 Å². The van der Waals surface area contributed by atoms with E-state index >= 15 is 0 Å². The molecule has 0 aliphatic carbocycles. The third-order valence-corrected chi connectivity index (χ3v) is 4.22. The average Bonchev–Trinajstić information content (AvgIpc) is 3.29. The standard InChI is InChI=1S/C19H18N2O4/c22-19(4-2-14-1-3-17-18(11-14)24-13-23-17)21-10-7-16(12-21)25-15-5-8-20-9-6-15/h1-6,8-9,11,16H,7,10,12-13H2/b4-2+. The highest BCUT2D eigenvalue weighted by molar-refractivity contribution is 5.92. The molecule has 2 aliphatic rings. The van der Waals surface area contributed by atoms with E-state index in [9.17, 15) is 4.79 Å². The molecule has 4 rings (SSSR count). The molecule has 2 aromatic rings. The quantitative estimate of drug-likeness (QED) is 0.802. The zero-order valence-electron chi connectivity index (χ0n) is 13.6. The van der Waals surface area contributed by atoms with Crippen LogP contribution in [0.3, 0.4) is 0 Å². The Labute approximate surface area is 145 Å². The number of ether oxygens (including phenoxy) is 3. The van der Waals surface area contributed by atoms with Crippen LogP contribution in [0, 0.1) is 0 Å². The molecule has 25 heavy (non-hydrogen) atoms. The summed E-state index contributed by atoms with van der Waals surface area (Å²) < 4.78 is 16.5. The maximum Gasteiger partial charge on any atom is 0.246 e. The van der Waals surface area contributed by atoms with Crippen LogP contribution in [0.15, 0.2) is 48.8 Å². The minimum absolute atomic E-state index is 0.0153. The summed E-state index contributed by atoms with van der Waals surface area (Å²) in [7, 11) is 0. The molecule has 1 fully saturated rings. The van der Waals surface area contributed by atoms with Crippen molar-refractivity contribution in [2.45, 2.75) is 12.5 Å². The van der Waals surface area contributed by atoms with E-state index in [4.69, 9.17) is 14.2 Å². The van der Waals surface area contributed by atoms with Crippen molar-refractivity contribution in [1.29, 1.82) is 0 Å². The number of fused-ring (bicyclic) bond motifs is 1.